The number of benzene rings is 3. The Hall–Kier alpha value is -4.36. The highest BCUT2D eigenvalue weighted by Gasteiger charge is 2.38. The van der Waals surface area contributed by atoms with E-state index < -0.39 is 5.92 Å². The van der Waals surface area contributed by atoms with Crippen molar-refractivity contribution >= 4 is 22.6 Å². The second kappa shape index (κ2) is 9.02. The van der Waals surface area contributed by atoms with E-state index in [2.05, 4.69) is 16.0 Å². The van der Waals surface area contributed by atoms with E-state index in [1.807, 2.05) is 58.8 Å². The van der Waals surface area contributed by atoms with Crippen LogP contribution in [0.1, 0.15) is 37.7 Å². The molecular weight excluding hydrogens is 452 g/mol. The minimum Gasteiger partial charge on any atom is -0.369 e. The molecule has 0 bridgehead atoms. The van der Waals surface area contributed by atoms with Crippen LogP contribution in [-0.2, 0) is 31.4 Å². The van der Waals surface area contributed by atoms with Gasteiger partial charge in [-0.2, -0.15) is 0 Å². The van der Waals surface area contributed by atoms with E-state index in [1.54, 1.807) is 36.8 Å². The number of fused-ring (bicyclic) bond motifs is 2. The summed E-state index contributed by atoms with van der Waals surface area (Å²) in [5.74, 6) is 0.0307. The SMILES string of the molecule is Cn1ccnc1COCc1cccc(-n2cnc3cc(CC4C(=O)c5ccccc5C4=O)ccc32)c1. The third-order valence-corrected chi connectivity index (χ3v) is 6.75. The van der Waals surface area contributed by atoms with Gasteiger partial charge in [0.1, 0.15) is 18.8 Å². The maximum atomic E-state index is 12.8. The largest absolute Gasteiger partial charge is 0.369 e. The number of hydrogen-bond acceptors (Lipinski definition) is 5. The summed E-state index contributed by atoms with van der Waals surface area (Å²) in [6.07, 6.45) is 5.83. The standard InChI is InChI=1S/C29H24N4O3/c1-32-12-11-30-27(32)17-36-16-20-5-4-6-21(13-20)33-18-31-25-15-19(9-10-26(25)33)14-24-28(34)22-7-2-3-8-23(22)29(24)35/h2-13,15,18,24H,14,16-17H2,1H3. The number of rotatable bonds is 7. The lowest BCUT2D eigenvalue weighted by Gasteiger charge is -2.10. The predicted octanol–water partition coefficient (Wildman–Crippen LogP) is 4.71. The first kappa shape index (κ1) is 22.1. The summed E-state index contributed by atoms with van der Waals surface area (Å²) < 4.78 is 9.84. The monoisotopic (exact) mass is 476 g/mol. The highest BCUT2D eigenvalue weighted by atomic mass is 16.5. The first-order valence-electron chi connectivity index (χ1n) is 11.8. The second-order valence-electron chi connectivity index (χ2n) is 9.09. The molecule has 0 fully saturated rings. The molecule has 0 amide bonds. The number of ether oxygens (including phenoxy) is 1. The van der Waals surface area contributed by atoms with Crippen molar-refractivity contribution in [1.82, 2.24) is 19.1 Å². The molecule has 0 atom stereocenters. The van der Waals surface area contributed by atoms with Gasteiger partial charge in [-0.05, 0) is 41.8 Å². The lowest BCUT2D eigenvalue weighted by molar-refractivity contribution is 0.0838. The van der Waals surface area contributed by atoms with Gasteiger partial charge in [0.2, 0.25) is 0 Å². The Morgan fingerprint density at radius 3 is 2.42 bits per heavy atom. The fraction of sp³-hybridized carbons (Fsp3) is 0.172. The van der Waals surface area contributed by atoms with E-state index >= 15 is 0 Å². The average Bonchev–Trinajstić information content (AvgIpc) is 3.57. The Kier molecular flexibility index (Phi) is 5.54. The van der Waals surface area contributed by atoms with E-state index in [4.69, 9.17) is 4.74 Å². The quantitative estimate of drug-likeness (QED) is 0.318. The lowest BCUT2D eigenvalue weighted by atomic mass is 9.94. The molecule has 0 unspecified atom stereocenters. The van der Waals surface area contributed by atoms with E-state index in [0.29, 0.717) is 30.8 Å². The molecule has 36 heavy (non-hydrogen) atoms. The van der Waals surface area contributed by atoms with Gasteiger partial charge in [0, 0.05) is 36.3 Å². The van der Waals surface area contributed by atoms with Crippen molar-refractivity contribution in [3.05, 3.63) is 114 Å². The number of ketones is 2. The molecule has 2 heterocycles. The Labute approximate surface area is 208 Å². The number of carbonyl (C=O) groups is 2. The third-order valence-electron chi connectivity index (χ3n) is 6.75. The molecule has 1 aliphatic rings. The van der Waals surface area contributed by atoms with E-state index in [9.17, 15) is 9.59 Å². The average molecular weight is 477 g/mol. The molecule has 7 nitrogen and oxygen atoms in total. The van der Waals surface area contributed by atoms with Crippen molar-refractivity contribution in [2.75, 3.05) is 0 Å². The van der Waals surface area contributed by atoms with Crippen LogP contribution in [0.2, 0.25) is 0 Å². The van der Waals surface area contributed by atoms with Gasteiger partial charge >= 0.3 is 0 Å². The Balaban J connectivity index is 1.19. The molecule has 7 heteroatoms. The number of aryl methyl sites for hydroxylation is 1. The van der Waals surface area contributed by atoms with Crippen molar-refractivity contribution in [3.8, 4) is 5.69 Å². The fourth-order valence-electron chi connectivity index (χ4n) is 4.81. The summed E-state index contributed by atoms with van der Waals surface area (Å²) >= 11 is 0. The zero-order valence-corrected chi connectivity index (χ0v) is 19.8. The van der Waals surface area contributed by atoms with Crippen molar-refractivity contribution in [1.29, 1.82) is 0 Å². The molecule has 178 valence electrons. The summed E-state index contributed by atoms with van der Waals surface area (Å²) in [5.41, 5.74) is 5.79. The molecule has 1 aliphatic carbocycles. The van der Waals surface area contributed by atoms with Gasteiger partial charge < -0.3 is 9.30 Å². The first-order valence-corrected chi connectivity index (χ1v) is 11.8. The highest BCUT2D eigenvalue weighted by Crippen LogP contribution is 2.30. The molecule has 0 spiro atoms. The topological polar surface area (TPSA) is 79.0 Å². The van der Waals surface area contributed by atoms with Crippen LogP contribution < -0.4 is 0 Å². The molecule has 0 N–H and O–H groups in total. The van der Waals surface area contributed by atoms with Crippen molar-refractivity contribution in [2.45, 2.75) is 19.6 Å². The van der Waals surface area contributed by atoms with E-state index in [-0.39, 0.29) is 11.6 Å². The summed E-state index contributed by atoms with van der Waals surface area (Å²) in [6.45, 7) is 0.922. The molecule has 0 radical (unpaired) electrons. The van der Waals surface area contributed by atoms with Crippen LogP contribution >= 0.6 is 0 Å². The van der Waals surface area contributed by atoms with Gasteiger partial charge in [0.05, 0.1) is 23.6 Å². The predicted molar refractivity (Wildman–Crippen MR) is 135 cm³/mol. The number of Topliss-reactive ketones (excluding diaryl/α,β-unsaturated/α-hetero) is 2. The molecule has 0 saturated carbocycles. The van der Waals surface area contributed by atoms with Crippen LogP contribution in [0.5, 0.6) is 0 Å². The molecular formula is C29H24N4O3. The van der Waals surface area contributed by atoms with Crippen LogP contribution in [0.4, 0.5) is 0 Å². The van der Waals surface area contributed by atoms with Gasteiger partial charge in [-0.25, -0.2) is 9.97 Å². The normalized spacial score (nSPS) is 13.6. The molecule has 0 aliphatic heterocycles. The van der Waals surface area contributed by atoms with Crippen LogP contribution in [0.25, 0.3) is 16.7 Å². The number of hydrogen-bond donors (Lipinski definition) is 0. The van der Waals surface area contributed by atoms with Gasteiger partial charge in [-0.1, -0.05) is 42.5 Å². The van der Waals surface area contributed by atoms with E-state index in [1.165, 1.54) is 0 Å². The number of nitrogens with zero attached hydrogens (tertiary/aromatic N) is 4. The first-order chi connectivity index (χ1) is 17.6. The Morgan fingerprint density at radius 2 is 1.67 bits per heavy atom. The Morgan fingerprint density at radius 1 is 0.861 bits per heavy atom. The van der Waals surface area contributed by atoms with Crippen LogP contribution in [0, 0.1) is 5.92 Å². The van der Waals surface area contributed by atoms with Crippen molar-refractivity contribution < 1.29 is 14.3 Å². The summed E-state index contributed by atoms with van der Waals surface area (Å²) in [6, 6.07) is 21.2. The maximum Gasteiger partial charge on any atom is 0.174 e. The fourth-order valence-corrected chi connectivity index (χ4v) is 4.81. The zero-order valence-electron chi connectivity index (χ0n) is 19.8. The van der Waals surface area contributed by atoms with Gasteiger partial charge in [0.15, 0.2) is 11.6 Å². The maximum absolute atomic E-state index is 12.8. The number of imidazole rings is 2. The molecule has 2 aromatic heterocycles. The van der Waals surface area contributed by atoms with Crippen LogP contribution in [0.3, 0.4) is 0 Å². The molecule has 0 saturated heterocycles. The Bertz CT molecular complexity index is 1580. The molecule has 6 rings (SSSR count). The van der Waals surface area contributed by atoms with Gasteiger partial charge in [-0.3, -0.25) is 14.2 Å². The molecule has 3 aromatic carbocycles. The van der Waals surface area contributed by atoms with Crippen molar-refractivity contribution in [2.24, 2.45) is 13.0 Å². The van der Waals surface area contributed by atoms with Gasteiger partial charge in [-0.15, -0.1) is 0 Å². The third kappa shape index (κ3) is 3.93. The number of carbonyl (C=O) groups excluding carboxylic acids is 2. The van der Waals surface area contributed by atoms with Crippen LogP contribution in [-0.4, -0.2) is 30.7 Å². The minimum absolute atomic E-state index is 0.0943. The minimum atomic E-state index is -0.663. The van der Waals surface area contributed by atoms with Crippen LogP contribution in [0.15, 0.2) is 85.5 Å². The zero-order chi connectivity index (χ0) is 24.6. The van der Waals surface area contributed by atoms with Crippen molar-refractivity contribution in [3.63, 3.8) is 0 Å². The summed E-state index contributed by atoms with van der Waals surface area (Å²) in [5, 5.41) is 0. The van der Waals surface area contributed by atoms with Gasteiger partial charge in [0.25, 0.3) is 0 Å². The smallest absolute Gasteiger partial charge is 0.174 e. The highest BCUT2D eigenvalue weighted by molar-refractivity contribution is 6.26. The summed E-state index contributed by atoms with van der Waals surface area (Å²) in [7, 11) is 1.95. The lowest BCUT2D eigenvalue weighted by Crippen LogP contribution is -2.17. The molecule has 5 aromatic rings. The van der Waals surface area contributed by atoms with E-state index in [0.717, 1.165) is 33.7 Å². The second-order valence-corrected chi connectivity index (χ2v) is 9.09. The summed E-state index contributed by atoms with van der Waals surface area (Å²) in [4.78, 5) is 34.5. The number of aromatic nitrogens is 4.